The molecule has 3 aromatic rings. The van der Waals surface area contributed by atoms with Gasteiger partial charge < -0.3 is 4.74 Å². The SMILES string of the molecule is COc1ccc(Br)cc1/C=N/n1c(-c2ccccc2Br)n[nH]c1=S. The Morgan fingerprint density at radius 3 is 2.79 bits per heavy atom. The summed E-state index contributed by atoms with van der Waals surface area (Å²) in [4.78, 5) is 0. The van der Waals surface area contributed by atoms with Crippen molar-refractivity contribution in [2.24, 2.45) is 5.10 Å². The minimum Gasteiger partial charge on any atom is -0.496 e. The number of methoxy groups -OCH3 is 1. The van der Waals surface area contributed by atoms with E-state index in [1.807, 2.05) is 42.5 Å². The second-order valence-electron chi connectivity index (χ2n) is 4.77. The molecule has 1 N–H and O–H groups in total. The molecule has 0 unspecified atom stereocenters. The summed E-state index contributed by atoms with van der Waals surface area (Å²) in [6, 6.07) is 13.5. The predicted molar refractivity (Wildman–Crippen MR) is 104 cm³/mol. The second kappa shape index (κ2) is 7.42. The van der Waals surface area contributed by atoms with E-state index in [4.69, 9.17) is 17.0 Å². The Kier molecular flexibility index (Phi) is 5.27. The first-order valence-electron chi connectivity index (χ1n) is 6.90. The number of rotatable bonds is 4. The van der Waals surface area contributed by atoms with Gasteiger partial charge in [0.2, 0.25) is 4.77 Å². The van der Waals surface area contributed by atoms with Crippen LogP contribution in [-0.2, 0) is 0 Å². The maximum absolute atomic E-state index is 5.36. The number of ether oxygens (including phenoxy) is 1. The first-order chi connectivity index (χ1) is 11.6. The van der Waals surface area contributed by atoms with Gasteiger partial charge in [-0.05, 0) is 42.5 Å². The van der Waals surface area contributed by atoms with Crippen LogP contribution in [0.15, 0.2) is 56.5 Å². The Labute approximate surface area is 160 Å². The fraction of sp³-hybridized carbons (Fsp3) is 0.0625. The summed E-state index contributed by atoms with van der Waals surface area (Å²) in [5, 5.41) is 11.5. The van der Waals surface area contributed by atoms with Crippen molar-refractivity contribution >= 4 is 50.3 Å². The van der Waals surface area contributed by atoms with Gasteiger partial charge in [0.1, 0.15) is 5.75 Å². The molecule has 0 aliphatic rings. The molecular weight excluding hydrogens is 456 g/mol. The molecular formula is C16H12Br2N4OS. The van der Waals surface area contributed by atoms with Gasteiger partial charge in [0.25, 0.3) is 0 Å². The summed E-state index contributed by atoms with van der Waals surface area (Å²) in [7, 11) is 1.62. The van der Waals surface area contributed by atoms with Crippen LogP contribution < -0.4 is 4.74 Å². The van der Waals surface area contributed by atoms with Crippen LogP contribution in [0.2, 0.25) is 0 Å². The topological polar surface area (TPSA) is 55.2 Å². The van der Waals surface area contributed by atoms with Gasteiger partial charge >= 0.3 is 0 Å². The lowest BCUT2D eigenvalue weighted by Crippen LogP contribution is -1.97. The molecule has 24 heavy (non-hydrogen) atoms. The van der Waals surface area contributed by atoms with Crippen molar-refractivity contribution in [2.45, 2.75) is 0 Å². The predicted octanol–water partition coefficient (Wildman–Crippen LogP) is 5.02. The Bertz CT molecular complexity index is 965. The van der Waals surface area contributed by atoms with E-state index in [1.54, 1.807) is 18.0 Å². The number of nitrogens with zero attached hydrogens (tertiary/aromatic N) is 3. The number of aromatic amines is 1. The van der Waals surface area contributed by atoms with Crippen LogP contribution in [0.5, 0.6) is 5.75 Å². The quantitative estimate of drug-likeness (QED) is 0.432. The minimum absolute atomic E-state index is 0.408. The summed E-state index contributed by atoms with van der Waals surface area (Å²) in [6.45, 7) is 0. The number of halogens is 2. The number of hydrogen-bond acceptors (Lipinski definition) is 4. The molecule has 2 aromatic carbocycles. The molecule has 3 rings (SSSR count). The van der Waals surface area contributed by atoms with E-state index in [9.17, 15) is 0 Å². The Balaban J connectivity index is 2.06. The molecule has 0 saturated carbocycles. The molecule has 1 aromatic heterocycles. The fourth-order valence-corrected chi connectivity index (χ4v) is 3.16. The standard InChI is InChI=1S/C16H12Br2N4OS/c1-23-14-7-6-11(17)8-10(14)9-19-22-15(20-21-16(22)24)12-4-2-3-5-13(12)18/h2-9H,1H3,(H,21,24)/b19-9+. The highest BCUT2D eigenvalue weighted by atomic mass is 79.9. The molecule has 0 aliphatic heterocycles. The van der Waals surface area contributed by atoms with Crippen molar-refractivity contribution in [2.75, 3.05) is 7.11 Å². The average Bonchev–Trinajstić information content (AvgIpc) is 2.94. The molecule has 0 saturated heterocycles. The minimum atomic E-state index is 0.408. The van der Waals surface area contributed by atoms with Crippen molar-refractivity contribution in [1.29, 1.82) is 0 Å². The zero-order valence-electron chi connectivity index (χ0n) is 12.5. The van der Waals surface area contributed by atoms with E-state index < -0.39 is 0 Å². The monoisotopic (exact) mass is 466 g/mol. The summed E-state index contributed by atoms with van der Waals surface area (Å²) in [5.41, 5.74) is 1.72. The number of benzene rings is 2. The summed E-state index contributed by atoms with van der Waals surface area (Å²) >= 11 is 12.3. The number of H-pyrrole nitrogens is 1. The molecule has 0 fully saturated rings. The summed E-state index contributed by atoms with van der Waals surface area (Å²) in [6.07, 6.45) is 1.69. The Hall–Kier alpha value is -1.77. The van der Waals surface area contributed by atoms with Crippen molar-refractivity contribution in [1.82, 2.24) is 14.9 Å². The first-order valence-corrected chi connectivity index (χ1v) is 8.90. The third-order valence-electron chi connectivity index (χ3n) is 3.27. The lowest BCUT2D eigenvalue weighted by molar-refractivity contribution is 0.414. The van der Waals surface area contributed by atoms with Gasteiger partial charge in [-0.3, -0.25) is 0 Å². The molecule has 0 spiro atoms. The molecule has 8 heteroatoms. The summed E-state index contributed by atoms with van der Waals surface area (Å²) in [5.74, 6) is 1.34. The maximum atomic E-state index is 5.36. The molecule has 1 heterocycles. The molecule has 0 atom stereocenters. The largest absolute Gasteiger partial charge is 0.496 e. The number of hydrogen-bond donors (Lipinski definition) is 1. The Morgan fingerprint density at radius 1 is 1.25 bits per heavy atom. The van der Waals surface area contributed by atoms with E-state index in [1.165, 1.54) is 0 Å². The lowest BCUT2D eigenvalue weighted by atomic mass is 10.2. The van der Waals surface area contributed by atoms with E-state index >= 15 is 0 Å². The first kappa shape index (κ1) is 17.1. The second-order valence-corrected chi connectivity index (χ2v) is 6.93. The van der Waals surface area contributed by atoms with Crippen LogP contribution in [0.1, 0.15) is 5.56 Å². The molecule has 5 nitrogen and oxygen atoms in total. The third kappa shape index (κ3) is 3.50. The van der Waals surface area contributed by atoms with Crippen LogP contribution in [0.4, 0.5) is 0 Å². The lowest BCUT2D eigenvalue weighted by Gasteiger charge is -2.06. The van der Waals surface area contributed by atoms with Gasteiger partial charge in [0.05, 0.1) is 13.3 Å². The van der Waals surface area contributed by atoms with Gasteiger partial charge in [-0.15, -0.1) is 0 Å². The maximum Gasteiger partial charge on any atom is 0.216 e. The average molecular weight is 468 g/mol. The van der Waals surface area contributed by atoms with Crippen LogP contribution in [0, 0.1) is 4.77 Å². The molecule has 122 valence electrons. The normalized spacial score (nSPS) is 11.1. The molecule has 0 radical (unpaired) electrons. The number of aromatic nitrogens is 3. The third-order valence-corrected chi connectivity index (χ3v) is 4.72. The smallest absolute Gasteiger partial charge is 0.216 e. The fourth-order valence-electron chi connectivity index (χ4n) is 2.14. The van der Waals surface area contributed by atoms with Crippen molar-refractivity contribution < 1.29 is 4.74 Å². The zero-order valence-corrected chi connectivity index (χ0v) is 16.5. The van der Waals surface area contributed by atoms with Gasteiger partial charge in [-0.2, -0.15) is 14.9 Å². The van der Waals surface area contributed by atoms with Gasteiger partial charge in [-0.25, -0.2) is 5.10 Å². The van der Waals surface area contributed by atoms with Crippen molar-refractivity contribution in [3.05, 3.63) is 61.7 Å². The van der Waals surface area contributed by atoms with Crippen LogP contribution in [-0.4, -0.2) is 28.2 Å². The molecule has 0 amide bonds. The molecule has 0 bridgehead atoms. The highest BCUT2D eigenvalue weighted by Gasteiger charge is 2.11. The van der Waals surface area contributed by atoms with Gasteiger partial charge in [0.15, 0.2) is 5.82 Å². The molecule has 0 aliphatic carbocycles. The van der Waals surface area contributed by atoms with Crippen molar-refractivity contribution in [3.63, 3.8) is 0 Å². The highest BCUT2D eigenvalue weighted by Crippen LogP contribution is 2.27. The van der Waals surface area contributed by atoms with E-state index in [0.717, 1.165) is 25.8 Å². The van der Waals surface area contributed by atoms with Crippen LogP contribution in [0.3, 0.4) is 0 Å². The van der Waals surface area contributed by atoms with Crippen LogP contribution in [0.25, 0.3) is 11.4 Å². The highest BCUT2D eigenvalue weighted by molar-refractivity contribution is 9.10. The van der Waals surface area contributed by atoms with E-state index in [2.05, 4.69) is 47.2 Å². The van der Waals surface area contributed by atoms with Crippen LogP contribution >= 0.6 is 44.1 Å². The Morgan fingerprint density at radius 2 is 2.04 bits per heavy atom. The van der Waals surface area contributed by atoms with Crippen molar-refractivity contribution in [3.8, 4) is 17.1 Å². The number of nitrogens with one attached hydrogen (secondary N) is 1. The summed E-state index contributed by atoms with van der Waals surface area (Å²) < 4.78 is 9.19. The van der Waals surface area contributed by atoms with E-state index in [-0.39, 0.29) is 0 Å². The van der Waals surface area contributed by atoms with E-state index in [0.29, 0.717) is 10.6 Å². The van der Waals surface area contributed by atoms with Gasteiger partial charge in [-0.1, -0.05) is 44.0 Å². The zero-order chi connectivity index (χ0) is 17.1. The van der Waals surface area contributed by atoms with Gasteiger partial charge in [0, 0.05) is 20.1 Å².